The Bertz CT molecular complexity index is 1310. The number of ketones is 1. The van der Waals surface area contributed by atoms with Crippen LogP contribution in [0.15, 0.2) is 42.5 Å². The molecule has 1 fully saturated rings. The number of amides is 1. The van der Waals surface area contributed by atoms with Crippen molar-refractivity contribution in [2.75, 3.05) is 71.9 Å². The van der Waals surface area contributed by atoms with Gasteiger partial charge in [0, 0.05) is 61.2 Å². The van der Waals surface area contributed by atoms with Crippen LogP contribution in [0.25, 0.3) is 22.0 Å². The highest BCUT2D eigenvalue weighted by Crippen LogP contribution is 2.46. The summed E-state index contributed by atoms with van der Waals surface area (Å²) in [5.74, 6) is 1.68. The molecule has 3 aromatic rings. The summed E-state index contributed by atoms with van der Waals surface area (Å²) in [6, 6.07) is 13.5. The van der Waals surface area contributed by atoms with Gasteiger partial charge in [0.1, 0.15) is 11.6 Å². The van der Waals surface area contributed by atoms with Crippen molar-refractivity contribution in [3.63, 3.8) is 0 Å². The van der Waals surface area contributed by atoms with E-state index in [1.807, 2.05) is 47.4 Å². The van der Waals surface area contributed by atoms with E-state index in [1.54, 1.807) is 7.11 Å². The van der Waals surface area contributed by atoms with Crippen LogP contribution in [-0.4, -0.2) is 93.5 Å². The lowest BCUT2D eigenvalue weighted by Gasteiger charge is -2.36. The van der Waals surface area contributed by atoms with Crippen LogP contribution in [0.2, 0.25) is 0 Å². The molecule has 1 saturated heterocycles. The third-order valence-corrected chi connectivity index (χ3v) is 7.25. The van der Waals surface area contributed by atoms with E-state index >= 15 is 0 Å². The topological polar surface area (TPSA) is 78.0 Å². The number of anilines is 1. The zero-order valence-electron chi connectivity index (χ0n) is 21.9. The van der Waals surface area contributed by atoms with Gasteiger partial charge in [0.2, 0.25) is 5.91 Å². The highest BCUT2D eigenvalue weighted by molar-refractivity contribution is 6.28. The first kappa shape index (κ1) is 25.2. The number of carbonyl (C=O) groups is 2. The molecular weight excluding hydrogens is 466 g/mol. The third kappa shape index (κ3) is 5.04. The van der Waals surface area contributed by atoms with E-state index in [0.29, 0.717) is 56.0 Å². The second-order valence-electron chi connectivity index (χ2n) is 9.97. The highest BCUT2D eigenvalue weighted by Gasteiger charge is 2.35. The fourth-order valence-electron chi connectivity index (χ4n) is 5.28. The number of ether oxygens (including phenoxy) is 1. The monoisotopic (exact) mass is 501 g/mol. The van der Waals surface area contributed by atoms with Crippen LogP contribution in [0, 0.1) is 0 Å². The summed E-state index contributed by atoms with van der Waals surface area (Å²) in [5, 5.41) is 4.25. The van der Waals surface area contributed by atoms with Crippen molar-refractivity contribution >= 4 is 28.4 Å². The number of methoxy groups -OCH3 is 1. The molecule has 0 atom stereocenters. The lowest BCUT2D eigenvalue weighted by atomic mass is 10.0. The number of hydrogen-bond donors (Lipinski definition) is 1. The predicted octanol–water partition coefficient (Wildman–Crippen LogP) is 3.03. The average Bonchev–Trinajstić information content (AvgIpc) is 3.22. The normalized spacial score (nSPS) is 14.9. The molecule has 1 aliphatic carbocycles. The fourth-order valence-corrected chi connectivity index (χ4v) is 5.28. The Morgan fingerprint density at radius 2 is 1.81 bits per heavy atom. The van der Waals surface area contributed by atoms with E-state index in [4.69, 9.17) is 9.72 Å². The number of para-hydroxylation sites is 1. The molecular formula is C29H35N5O3. The van der Waals surface area contributed by atoms with Crippen molar-refractivity contribution in [1.29, 1.82) is 0 Å². The van der Waals surface area contributed by atoms with Gasteiger partial charge in [0.05, 0.1) is 12.6 Å². The van der Waals surface area contributed by atoms with Crippen molar-refractivity contribution in [2.24, 2.45) is 0 Å². The number of pyridine rings is 1. The summed E-state index contributed by atoms with van der Waals surface area (Å²) in [4.78, 5) is 37.7. The Hall–Kier alpha value is -3.49. The van der Waals surface area contributed by atoms with Crippen LogP contribution in [0.1, 0.15) is 28.8 Å². The number of nitrogens with zero attached hydrogens (tertiary/aromatic N) is 4. The van der Waals surface area contributed by atoms with Crippen LogP contribution in [0.5, 0.6) is 5.75 Å². The Kier molecular flexibility index (Phi) is 7.39. The third-order valence-electron chi connectivity index (χ3n) is 7.25. The lowest BCUT2D eigenvalue weighted by Crippen LogP contribution is -2.49. The summed E-state index contributed by atoms with van der Waals surface area (Å²) < 4.78 is 5.39. The lowest BCUT2D eigenvalue weighted by molar-refractivity contribution is -0.131. The maximum absolute atomic E-state index is 13.6. The van der Waals surface area contributed by atoms with Crippen LogP contribution in [-0.2, 0) is 4.79 Å². The van der Waals surface area contributed by atoms with E-state index in [1.165, 1.54) is 0 Å². The first-order valence-corrected chi connectivity index (χ1v) is 13.0. The molecule has 37 heavy (non-hydrogen) atoms. The second-order valence-corrected chi connectivity index (χ2v) is 9.97. The quantitative estimate of drug-likeness (QED) is 0.353. The molecule has 2 aromatic carbocycles. The van der Waals surface area contributed by atoms with Crippen molar-refractivity contribution in [3.05, 3.63) is 53.6 Å². The minimum Gasteiger partial charge on any atom is -0.497 e. The zero-order chi connectivity index (χ0) is 25.9. The Morgan fingerprint density at radius 3 is 2.57 bits per heavy atom. The fraction of sp³-hybridized carbons (Fsp3) is 0.414. The molecule has 1 amide bonds. The van der Waals surface area contributed by atoms with Gasteiger partial charge in [-0.15, -0.1) is 0 Å². The van der Waals surface area contributed by atoms with Gasteiger partial charge in [-0.3, -0.25) is 9.59 Å². The van der Waals surface area contributed by atoms with Gasteiger partial charge in [-0.25, -0.2) is 4.98 Å². The smallest absolute Gasteiger partial charge is 0.223 e. The maximum Gasteiger partial charge on any atom is 0.223 e. The molecule has 0 unspecified atom stereocenters. The molecule has 1 N–H and O–H groups in total. The SMILES string of the molecule is COc1ccc2c(c1)C(=O)c1c-2c(N2CCN(C(=O)CCNCCCN(C)C)CC2)nc2ccccc12. The number of nitrogens with one attached hydrogen (secondary N) is 1. The summed E-state index contributed by atoms with van der Waals surface area (Å²) in [5.41, 5.74) is 3.96. The maximum atomic E-state index is 13.6. The number of aromatic nitrogens is 1. The first-order chi connectivity index (χ1) is 18.0. The zero-order valence-corrected chi connectivity index (χ0v) is 21.9. The van der Waals surface area contributed by atoms with Gasteiger partial charge in [-0.05, 0) is 63.4 Å². The summed E-state index contributed by atoms with van der Waals surface area (Å²) in [7, 11) is 5.75. The van der Waals surface area contributed by atoms with Gasteiger partial charge < -0.3 is 24.8 Å². The Labute approximate surface area is 218 Å². The molecule has 5 rings (SSSR count). The average molecular weight is 502 g/mol. The van der Waals surface area contributed by atoms with Crippen LogP contribution in [0.4, 0.5) is 5.82 Å². The number of rotatable bonds is 9. The molecule has 2 heterocycles. The van der Waals surface area contributed by atoms with Crippen LogP contribution in [0.3, 0.4) is 0 Å². The van der Waals surface area contributed by atoms with Gasteiger partial charge in [-0.1, -0.05) is 18.2 Å². The summed E-state index contributed by atoms with van der Waals surface area (Å²) in [6.07, 6.45) is 1.58. The first-order valence-electron chi connectivity index (χ1n) is 13.0. The number of carbonyl (C=O) groups excluding carboxylic acids is 2. The van der Waals surface area contributed by atoms with Gasteiger partial charge >= 0.3 is 0 Å². The minimum atomic E-state index is 0.00986. The number of hydrogen-bond acceptors (Lipinski definition) is 7. The molecule has 0 spiro atoms. The van der Waals surface area contributed by atoms with Crippen molar-refractivity contribution < 1.29 is 14.3 Å². The van der Waals surface area contributed by atoms with E-state index < -0.39 is 0 Å². The molecule has 2 aliphatic rings. The highest BCUT2D eigenvalue weighted by atomic mass is 16.5. The van der Waals surface area contributed by atoms with Gasteiger partial charge in [0.25, 0.3) is 0 Å². The number of piperazine rings is 1. The van der Waals surface area contributed by atoms with Crippen molar-refractivity contribution in [2.45, 2.75) is 12.8 Å². The summed E-state index contributed by atoms with van der Waals surface area (Å²) >= 11 is 0. The molecule has 8 nitrogen and oxygen atoms in total. The van der Waals surface area contributed by atoms with Gasteiger partial charge in [0.15, 0.2) is 5.78 Å². The molecule has 1 aromatic heterocycles. The minimum absolute atomic E-state index is 0.00986. The van der Waals surface area contributed by atoms with E-state index in [2.05, 4.69) is 29.2 Å². The van der Waals surface area contributed by atoms with Crippen molar-refractivity contribution in [3.8, 4) is 16.9 Å². The summed E-state index contributed by atoms with van der Waals surface area (Å²) in [6.45, 7) is 5.31. The molecule has 0 bridgehead atoms. The molecule has 0 saturated carbocycles. The van der Waals surface area contributed by atoms with Crippen LogP contribution < -0.4 is 15.0 Å². The molecule has 0 radical (unpaired) electrons. The van der Waals surface area contributed by atoms with Crippen LogP contribution >= 0.6 is 0 Å². The molecule has 194 valence electrons. The van der Waals surface area contributed by atoms with Gasteiger partial charge in [-0.2, -0.15) is 0 Å². The molecule has 8 heteroatoms. The van der Waals surface area contributed by atoms with Crippen molar-refractivity contribution in [1.82, 2.24) is 20.1 Å². The Balaban J connectivity index is 1.32. The largest absolute Gasteiger partial charge is 0.497 e. The molecule has 1 aliphatic heterocycles. The Morgan fingerprint density at radius 1 is 1.03 bits per heavy atom. The predicted molar refractivity (Wildman–Crippen MR) is 147 cm³/mol. The van der Waals surface area contributed by atoms with E-state index in [-0.39, 0.29) is 11.7 Å². The number of benzene rings is 2. The number of fused-ring (bicyclic) bond motifs is 5. The standard InChI is InChI=1S/C29H35N5O3/c1-32(2)14-6-12-30-13-11-25(35)33-15-17-34(18-16-33)29-27-21-10-9-20(37-3)19-23(21)28(36)26(27)22-7-4-5-8-24(22)31-29/h4-5,7-10,19,30H,6,11-18H2,1-3H3. The second kappa shape index (κ2) is 10.9. The van der Waals surface area contributed by atoms with E-state index in [9.17, 15) is 9.59 Å². The van der Waals surface area contributed by atoms with E-state index in [0.717, 1.165) is 47.4 Å².